The Hall–Kier alpha value is -3.36. The van der Waals surface area contributed by atoms with Crippen LogP contribution in [0.5, 0.6) is 0 Å². The molecule has 8 nitrogen and oxygen atoms in total. The molecule has 6 rings (SSSR count). The van der Waals surface area contributed by atoms with Gasteiger partial charge in [0.1, 0.15) is 6.10 Å². The van der Waals surface area contributed by atoms with Gasteiger partial charge in [-0.2, -0.15) is 5.10 Å². The number of fused-ring (bicyclic) bond motifs is 3. The van der Waals surface area contributed by atoms with Gasteiger partial charge in [0.05, 0.1) is 36.9 Å². The van der Waals surface area contributed by atoms with Gasteiger partial charge in [-0.25, -0.2) is 19.5 Å². The Bertz CT molecular complexity index is 1200. The Labute approximate surface area is 179 Å². The molecule has 3 aromatic heterocycles. The normalized spacial score (nSPS) is 18.8. The van der Waals surface area contributed by atoms with E-state index in [9.17, 15) is 0 Å². The van der Waals surface area contributed by atoms with Crippen molar-refractivity contribution in [3.63, 3.8) is 0 Å². The second-order valence-electron chi connectivity index (χ2n) is 7.71. The van der Waals surface area contributed by atoms with Crippen molar-refractivity contribution in [3.05, 3.63) is 71.8 Å². The third kappa shape index (κ3) is 3.34. The predicted molar refractivity (Wildman–Crippen MR) is 115 cm³/mol. The van der Waals surface area contributed by atoms with Crippen LogP contribution in [0.15, 0.2) is 54.9 Å². The first-order valence-electron chi connectivity index (χ1n) is 10.6. The van der Waals surface area contributed by atoms with E-state index in [2.05, 4.69) is 27.0 Å². The van der Waals surface area contributed by atoms with Crippen LogP contribution in [-0.4, -0.2) is 57.5 Å². The standard InChI is InChI=1S/C23H22N6O2/c1-2-4-16(5-3-1)22-21-19(8-11-31-22)26-20-7-6-18(27-29(20)21)17-14-24-23(25-15-17)28-9-12-30-13-10-28/h1-7,14-15,22H,8-13H2. The molecule has 31 heavy (non-hydrogen) atoms. The summed E-state index contributed by atoms with van der Waals surface area (Å²) in [5.74, 6) is 0.727. The zero-order valence-electron chi connectivity index (χ0n) is 17.0. The van der Waals surface area contributed by atoms with Crippen LogP contribution < -0.4 is 4.90 Å². The Morgan fingerprint density at radius 1 is 0.903 bits per heavy atom. The molecule has 8 heteroatoms. The Morgan fingerprint density at radius 2 is 1.71 bits per heavy atom. The van der Waals surface area contributed by atoms with Crippen molar-refractivity contribution in [1.29, 1.82) is 0 Å². The van der Waals surface area contributed by atoms with Crippen molar-refractivity contribution < 1.29 is 9.47 Å². The quantitative estimate of drug-likeness (QED) is 0.510. The highest BCUT2D eigenvalue weighted by atomic mass is 16.5. The third-order valence-corrected chi connectivity index (χ3v) is 5.79. The van der Waals surface area contributed by atoms with E-state index in [4.69, 9.17) is 19.6 Å². The number of rotatable bonds is 3. The number of imidazole rings is 1. The molecular formula is C23H22N6O2. The second-order valence-corrected chi connectivity index (χ2v) is 7.71. The van der Waals surface area contributed by atoms with Crippen LogP contribution in [0, 0.1) is 0 Å². The minimum atomic E-state index is -0.178. The lowest BCUT2D eigenvalue weighted by molar-refractivity contribution is 0.0647. The van der Waals surface area contributed by atoms with Gasteiger partial charge in [0.25, 0.3) is 0 Å². The molecule has 1 aromatic carbocycles. The average molecular weight is 414 g/mol. The van der Waals surface area contributed by atoms with Gasteiger partial charge in [0.15, 0.2) is 5.65 Å². The lowest BCUT2D eigenvalue weighted by atomic mass is 10.0. The number of ether oxygens (including phenoxy) is 2. The zero-order valence-corrected chi connectivity index (χ0v) is 17.0. The average Bonchev–Trinajstić information content (AvgIpc) is 3.23. The predicted octanol–water partition coefficient (Wildman–Crippen LogP) is 2.69. The highest BCUT2D eigenvalue weighted by Crippen LogP contribution is 2.33. The molecule has 0 amide bonds. The fraction of sp³-hybridized carbons (Fsp3) is 0.304. The molecule has 1 fully saturated rings. The molecule has 0 bridgehead atoms. The minimum absolute atomic E-state index is 0.178. The molecule has 2 aliphatic heterocycles. The van der Waals surface area contributed by atoms with Crippen LogP contribution in [0.25, 0.3) is 16.9 Å². The van der Waals surface area contributed by atoms with Crippen LogP contribution in [0.4, 0.5) is 5.95 Å². The SMILES string of the molecule is c1ccc(C2OCCc3nc4ccc(-c5cnc(N6CCOCC6)nc5)nn4c32)cc1. The van der Waals surface area contributed by atoms with E-state index >= 15 is 0 Å². The lowest BCUT2D eigenvalue weighted by Gasteiger charge is -2.26. The van der Waals surface area contributed by atoms with E-state index in [-0.39, 0.29) is 6.10 Å². The molecular weight excluding hydrogens is 392 g/mol. The van der Waals surface area contributed by atoms with Crippen LogP contribution >= 0.6 is 0 Å². The van der Waals surface area contributed by atoms with E-state index in [1.54, 1.807) is 0 Å². The van der Waals surface area contributed by atoms with Gasteiger partial charge < -0.3 is 14.4 Å². The highest BCUT2D eigenvalue weighted by Gasteiger charge is 2.28. The molecule has 1 unspecified atom stereocenters. The van der Waals surface area contributed by atoms with Gasteiger partial charge in [-0.1, -0.05) is 30.3 Å². The molecule has 156 valence electrons. The van der Waals surface area contributed by atoms with Crippen LogP contribution in [0.3, 0.4) is 0 Å². The lowest BCUT2D eigenvalue weighted by Crippen LogP contribution is -2.37. The first-order chi connectivity index (χ1) is 15.4. The van der Waals surface area contributed by atoms with E-state index in [1.165, 1.54) is 0 Å². The van der Waals surface area contributed by atoms with Gasteiger partial charge >= 0.3 is 0 Å². The summed E-state index contributed by atoms with van der Waals surface area (Å²) in [7, 11) is 0. The summed E-state index contributed by atoms with van der Waals surface area (Å²) in [5.41, 5.74) is 5.65. The maximum Gasteiger partial charge on any atom is 0.225 e. The van der Waals surface area contributed by atoms with Crippen molar-refractivity contribution in [3.8, 4) is 11.3 Å². The smallest absolute Gasteiger partial charge is 0.225 e. The molecule has 0 spiro atoms. The molecule has 5 heterocycles. The van der Waals surface area contributed by atoms with E-state index < -0.39 is 0 Å². The Balaban J connectivity index is 1.38. The van der Waals surface area contributed by atoms with Crippen LogP contribution in [-0.2, 0) is 15.9 Å². The van der Waals surface area contributed by atoms with Gasteiger partial charge in [-0.3, -0.25) is 0 Å². The molecule has 1 saturated heterocycles. The molecule has 4 aromatic rings. The summed E-state index contributed by atoms with van der Waals surface area (Å²) >= 11 is 0. The molecule has 0 saturated carbocycles. The maximum absolute atomic E-state index is 6.14. The van der Waals surface area contributed by atoms with Crippen molar-refractivity contribution in [2.24, 2.45) is 0 Å². The first kappa shape index (κ1) is 18.4. The van der Waals surface area contributed by atoms with Crippen LogP contribution in [0.2, 0.25) is 0 Å². The van der Waals surface area contributed by atoms with Crippen LogP contribution in [0.1, 0.15) is 23.1 Å². The Kier molecular flexibility index (Phi) is 4.58. The second kappa shape index (κ2) is 7.72. The number of benzene rings is 1. The van der Waals surface area contributed by atoms with E-state index in [1.807, 2.05) is 47.2 Å². The van der Waals surface area contributed by atoms with Crippen molar-refractivity contribution in [2.75, 3.05) is 37.8 Å². The molecule has 2 aliphatic rings. The number of hydrogen-bond donors (Lipinski definition) is 0. The van der Waals surface area contributed by atoms with Crippen molar-refractivity contribution >= 4 is 11.6 Å². The Morgan fingerprint density at radius 3 is 2.52 bits per heavy atom. The van der Waals surface area contributed by atoms with Gasteiger partial charge in [-0.05, 0) is 17.7 Å². The third-order valence-electron chi connectivity index (χ3n) is 5.79. The van der Waals surface area contributed by atoms with Gasteiger partial charge in [0.2, 0.25) is 5.95 Å². The summed E-state index contributed by atoms with van der Waals surface area (Å²) in [6.45, 7) is 3.69. The van der Waals surface area contributed by atoms with Gasteiger partial charge in [0, 0.05) is 37.5 Å². The van der Waals surface area contributed by atoms with E-state index in [0.717, 1.165) is 59.3 Å². The summed E-state index contributed by atoms with van der Waals surface area (Å²) < 4.78 is 13.5. The number of nitrogens with zero attached hydrogens (tertiary/aromatic N) is 6. The van der Waals surface area contributed by atoms with Crippen molar-refractivity contribution in [2.45, 2.75) is 12.5 Å². The van der Waals surface area contributed by atoms with Crippen molar-refractivity contribution in [1.82, 2.24) is 24.6 Å². The first-order valence-corrected chi connectivity index (χ1v) is 10.6. The molecule has 0 aliphatic carbocycles. The molecule has 1 atom stereocenters. The van der Waals surface area contributed by atoms with E-state index in [0.29, 0.717) is 19.8 Å². The monoisotopic (exact) mass is 414 g/mol. The zero-order chi connectivity index (χ0) is 20.6. The number of morpholine rings is 1. The fourth-order valence-corrected chi connectivity index (χ4v) is 4.21. The topological polar surface area (TPSA) is 77.7 Å². The fourth-order valence-electron chi connectivity index (χ4n) is 4.21. The molecule has 0 N–H and O–H groups in total. The minimum Gasteiger partial charge on any atom is -0.378 e. The summed E-state index contributed by atoms with van der Waals surface area (Å²) in [6, 6.07) is 14.2. The number of hydrogen-bond acceptors (Lipinski definition) is 7. The maximum atomic E-state index is 6.14. The summed E-state index contributed by atoms with van der Waals surface area (Å²) in [6.07, 6.45) is 4.28. The van der Waals surface area contributed by atoms with Gasteiger partial charge in [-0.15, -0.1) is 0 Å². The number of aromatic nitrogens is 5. The molecule has 0 radical (unpaired) electrons. The number of anilines is 1. The largest absolute Gasteiger partial charge is 0.378 e. The summed E-state index contributed by atoms with van der Waals surface area (Å²) in [5, 5.41) is 4.90. The summed E-state index contributed by atoms with van der Waals surface area (Å²) in [4.78, 5) is 16.1. The highest BCUT2D eigenvalue weighted by molar-refractivity contribution is 5.60.